The molecule has 0 amide bonds. The number of carbonyl (C=O) groups is 1. The van der Waals surface area contributed by atoms with E-state index in [1.807, 2.05) is 30.3 Å². The first-order valence-corrected chi connectivity index (χ1v) is 5.11. The van der Waals surface area contributed by atoms with Crippen LogP contribution in [0.1, 0.15) is 10.5 Å². The monoisotopic (exact) mass is 264 g/mol. The number of nitrogens with zero attached hydrogens (tertiary/aromatic N) is 1. The van der Waals surface area contributed by atoms with E-state index in [0.717, 1.165) is 11.1 Å². The SMILES string of the molecule is COC(=O)c1ccc(-c2ccc(N)cc2)cn1.Cl. The molecule has 0 bridgehead atoms. The Morgan fingerprint density at radius 2 is 1.72 bits per heavy atom. The van der Waals surface area contributed by atoms with E-state index in [4.69, 9.17) is 5.73 Å². The second kappa shape index (κ2) is 6.02. The number of hydrogen-bond donors (Lipinski definition) is 1. The van der Waals surface area contributed by atoms with Gasteiger partial charge in [0.05, 0.1) is 7.11 Å². The highest BCUT2D eigenvalue weighted by Crippen LogP contribution is 2.19. The highest BCUT2D eigenvalue weighted by atomic mass is 35.5. The molecular weight excluding hydrogens is 252 g/mol. The van der Waals surface area contributed by atoms with Crippen LogP contribution in [0.4, 0.5) is 5.69 Å². The van der Waals surface area contributed by atoms with Gasteiger partial charge in [0.2, 0.25) is 0 Å². The Hall–Kier alpha value is -2.07. The smallest absolute Gasteiger partial charge is 0.356 e. The Labute approximate surface area is 111 Å². The summed E-state index contributed by atoms with van der Waals surface area (Å²) in [6.07, 6.45) is 1.64. The Bertz CT molecular complexity index is 524. The maximum atomic E-state index is 11.2. The van der Waals surface area contributed by atoms with Crippen LogP contribution in [0.2, 0.25) is 0 Å². The normalized spacial score (nSPS) is 9.39. The van der Waals surface area contributed by atoms with E-state index in [9.17, 15) is 4.79 Å². The average molecular weight is 265 g/mol. The molecule has 0 atom stereocenters. The van der Waals surface area contributed by atoms with Gasteiger partial charge in [-0.25, -0.2) is 9.78 Å². The first-order valence-electron chi connectivity index (χ1n) is 5.11. The topological polar surface area (TPSA) is 65.2 Å². The lowest BCUT2D eigenvalue weighted by atomic mass is 10.1. The number of benzene rings is 1. The predicted molar refractivity (Wildman–Crippen MR) is 72.7 cm³/mol. The first-order chi connectivity index (χ1) is 8.20. The molecule has 2 N–H and O–H groups in total. The number of anilines is 1. The van der Waals surface area contributed by atoms with E-state index in [2.05, 4.69) is 9.72 Å². The summed E-state index contributed by atoms with van der Waals surface area (Å²) in [5, 5.41) is 0. The Balaban J connectivity index is 0.00000162. The van der Waals surface area contributed by atoms with Gasteiger partial charge in [0.15, 0.2) is 0 Å². The molecule has 94 valence electrons. The number of nitrogens with two attached hydrogens (primary N) is 1. The summed E-state index contributed by atoms with van der Waals surface area (Å²) in [4.78, 5) is 15.2. The fourth-order valence-corrected chi connectivity index (χ4v) is 1.47. The number of halogens is 1. The standard InChI is InChI=1S/C13H12N2O2.ClH/c1-17-13(16)12-7-4-10(8-15-12)9-2-5-11(14)6-3-9;/h2-8H,14H2,1H3;1H. The van der Waals surface area contributed by atoms with Crippen LogP contribution >= 0.6 is 12.4 Å². The number of esters is 1. The van der Waals surface area contributed by atoms with Crippen LogP contribution in [0, 0.1) is 0 Å². The van der Waals surface area contributed by atoms with E-state index in [-0.39, 0.29) is 12.4 Å². The summed E-state index contributed by atoms with van der Waals surface area (Å²) < 4.78 is 4.58. The van der Waals surface area contributed by atoms with Crippen LogP contribution in [0.5, 0.6) is 0 Å². The Morgan fingerprint density at radius 1 is 1.11 bits per heavy atom. The van der Waals surface area contributed by atoms with Crippen molar-refractivity contribution >= 4 is 24.1 Å². The average Bonchev–Trinajstić information content (AvgIpc) is 2.39. The molecule has 0 saturated carbocycles. The highest BCUT2D eigenvalue weighted by molar-refractivity contribution is 5.87. The molecule has 5 heteroatoms. The van der Waals surface area contributed by atoms with Gasteiger partial charge in [-0.15, -0.1) is 12.4 Å². The molecule has 0 aliphatic heterocycles. The molecule has 2 rings (SSSR count). The maximum Gasteiger partial charge on any atom is 0.356 e. The summed E-state index contributed by atoms with van der Waals surface area (Å²) >= 11 is 0. The van der Waals surface area contributed by atoms with Crippen molar-refractivity contribution in [3.63, 3.8) is 0 Å². The van der Waals surface area contributed by atoms with E-state index in [0.29, 0.717) is 11.4 Å². The molecule has 4 nitrogen and oxygen atoms in total. The van der Waals surface area contributed by atoms with Crippen LogP contribution in [-0.4, -0.2) is 18.1 Å². The number of rotatable bonds is 2. The zero-order valence-electron chi connectivity index (χ0n) is 9.79. The minimum absolute atomic E-state index is 0. The van der Waals surface area contributed by atoms with Crippen LogP contribution in [-0.2, 0) is 4.74 Å². The van der Waals surface area contributed by atoms with Gasteiger partial charge in [0.1, 0.15) is 5.69 Å². The third-order valence-electron chi connectivity index (χ3n) is 2.40. The fourth-order valence-electron chi connectivity index (χ4n) is 1.47. The molecule has 0 fully saturated rings. The van der Waals surface area contributed by atoms with Crippen molar-refractivity contribution in [3.8, 4) is 11.1 Å². The Kier molecular flexibility index (Phi) is 4.68. The van der Waals surface area contributed by atoms with E-state index in [1.54, 1.807) is 12.3 Å². The van der Waals surface area contributed by atoms with Crippen LogP contribution in [0.15, 0.2) is 42.6 Å². The number of hydrogen-bond acceptors (Lipinski definition) is 4. The zero-order chi connectivity index (χ0) is 12.3. The number of nitrogen functional groups attached to an aromatic ring is 1. The number of pyridine rings is 1. The zero-order valence-corrected chi connectivity index (χ0v) is 10.6. The van der Waals surface area contributed by atoms with Crippen molar-refractivity contribution in [3.05, 3.63) is 48.3 Å². The lowest BCUT2D eigenvalue weighted by molar-refractivity contribution is 0.0594. The van der Waals surface area contributed by atoms with Crippen LogP contribution in [0.25, 0.3) is 11.1 Å². The second-order valence-electron chi connectivity index (χ2n) is 3.55. The van der Waals surface area contributed by atoms with Crippen molar-refractivity contribution in [1.82, 2.24) is 4.98 Å². The van der Waals surface area contributed by atoms with E-state index < -0.39 is 5.97 Å². The molecule has 18 heavy (non-hydrogen) atoms. The number of aromatic nitrogens is 1. The molecule has 0 saturated heterocycles. The second-order valence-corrected chi connectivity index (χ2v) is 3.55. The molecule has 0 unspecified atom stereocenters. The maximum absolute atomic E-state index is 11.2. The molecular formula is C13H13ClN2O2. The highest BCUT2D eigenvalue weighted by Gasteiger charge is 2.06. The Morgan fingerprint density at radius 3 is 2.22 bits per heavy atom. The van der Waals surface area contributed by atoms with Crippen LogP contribution in [0.3, 0.4) is 0 Å². The largest absolute Gasteiger partial charge is 0.464 e. The molecule has 1 heterocycles. The minimum Gasteiger partial charge on any atom is -0.464 e. The third kappa shape index (κ3) is 2.99. The van der Waals surface area contributed by atoms with Crippen molar-refractivity contribution in [1.29, 1.82) is 0 Å². The molecule has 2 aromatic rings. The van der Waals surface area contributed by atoms with Crippen molar-refractivity contribution in [2.24, 2.45) is 0 Å². The van der Waals surface area contributed by atoms with Gasteiger partial charge < -0.3 is 10.5 Å². The summed E-state index contributed by atoms with van der Waals surface area (Å²) in [5.41, 5.74) is 8.55. The van der Waals surface area contributed by atoms with Gasteiger partial charge in [0, 0.05) is 17.4 Å². The van der Waals surface area contributed by atoms with Crippen molar-refractivity contribution in [2.75, 3.05) is 12.8 Å². The number of carbonyl (C=O) groups excluding carboxylic acids is 1. The van der Waals surface area contributed by atoms with E-state index >= 15 is 0 Å². The summed E-state index contributed by atoms with van der Waals surface area (Å²) in [6.45, 7) is 0. The van der Waals surface area contributed by atoms with Crippen molar-refractivity contribution in [2.45, 2.75) is 0 Å². The first kappa shape index (κ1) is 14.0. The van der Waals surface area contributed by atoms with Gasteiger partial charge in [0.25, 0.3) is 0 Å². The number of ether oxygens (including phenoxy) is 1. The quantitative estimate of drug-likeness (QED) is 0.669. The molecule has 0 aliphatic rings. The molecule has 0 radical (unpaired) electrons. The van der Waals surface area contributed by atoms with Gasteiger partial charge in [-0.3, -0.25) is 0 Å². The van der Waals surface area contributed by atoms with Gasteiger partial charge >= 0.3 is 5.97 Å². The minimum atomic E-state index is -0.436. The lowest BCUT2D eigenvalue weighted by Gasteiger charge is -2.03. The molecule has 0 spiro atoms. The van der Waals surface area contributed by atoms with Gasteiger partial charge in [-0.2, -0.15) is 0 Å². The predicted octanol–water partition coefficient (Wildman–Crippen LogP) is 2.54. The van der Waals surface area contributed by atoms with Crippen LogP contribution < -0.4 is 5.73 Å². The lowest BCUT2D eigenvalue weighted by Crippen LogP contribution is -2.03. The fraction of sp³-hybridized carbons (Fsp3) is 0.0769. The third-order valence-corrected chi connectivity index (χ3v) is 2.40. The molecule has 1 aromatic carbocycles. The molecule has 1 aromatic heterocycles. The number of methoxy groups -OCH3 is 1. The summed E-state index contributed by atoms with van der Waals surface area (Å²) in [7, 11) is 1.33. The van der Waals surface area contributed by atoms with E-state index in [1.165, 1.54) is 7.11 Å². The summed E-state index contributed by atoms with van der Waals surface area (Å²) in [6, 6.07) is 10.9. The molecule has 0 aliphatic carbocycles. The van der Waals surface area contributed by atoms with Crippen molar-refractivity contribution < 1.29 is 9.53 Å². The van der Waals surface area contributed by atoms with Gasteiger partial charge in [-0.1, -0.05) is 18.2 Å². The summed E-state index contributed by atoms with van der Waals surface area (Å²) in [5.74, 6) is -0.436. The van der Waals surface area contributed by atoms with Gasteiger partial charge in [-0.05, 0) is 23.8 Å².